The molecule has 3 rings (SSSR count). The molecule has 1 heterocycles. The molecule has 28 heavy (non-hydrogen) atoms. The van der Waals surface area contributed by atoms with E-state index in [4.69, 9.17) is 0 Å². The fraction of sp³-hybridized carbons (Fsp3) is 0.571. The smallest absolute Gasteiger partial charge is 0.256 e. The lowest BCUT2D eigenvalue weighted by Crippen LogP contribution is -2.50. The number of rotatable bonds is 6. The van der Waals surface area contributed by atoms with E-state index in [0.29, 0.717) is 30.6 Å². The molecule has 1 aromatic carbocycles. The van der Waals surface area contributed by atoms with Crippen molar-refractivity contribution in [3.05, 3.63) is 29.8 Å². The van der Waals surface area contributed by atoms with E-state index in [1.54, 1.807) is 23.1 Å². The number of nitrogens with zero attached hydrogens (tertiary/aromatic N) is 2. The number of benzene rings is 1. The van der Waals surface area contributed by atoms with Gasteiger partial charge in [0.25, 0.3) is 5.91 Å². The Morgan fingerprint density at radius 1 is 1.21 bits per heavy atom. The molecule has 1 saturated carbocycles. The highest BCUT2D eigenvalue weighted by Crippen LogP contribution is 2.27. The molecule has 3 N–H and O–H groups in total. The number of nitriles is 1. The molecule has 1 aromatic rings. The van der Waals surface area contributed by atoms with Crippen molar-refractivity contribution in [2.45, 2.75) is 56.5 Å². The molecule has 0 radical (unpaired) electrons. The van der Waals surface area contributed by atoms with Crippen molar-refractivity contribution in [1.82, 2.24) is 10.2 Å². The Hall–Kier alpha value is -2.59. The Labute approximate surface area is 165 Å². The first-order valence-corrected chi connectivity index (χ1v) is 10.1. The van der Waals surface area contributed by atoms with Crippen molar-refractivity contribution in [3.8, 4) is 6.07 Å². The highest BCUT2D eigenvalue weighted by Gasteiger charge is 2.33. The number of carbonyl (C=O) groups excluding carboxylic acids is 2. The molecule has 1 unspecified atom stereocenters. The van der Waals surface area contributed by atoms with E-state index < -0.39 is 5.54 Å². The summed E-state index contributed by atoms with van der Waals surface area (Å²) in [4.78, 5) is 27.1. The van der Waals surface area contributed by atoms with Gasteiger partial charge in [-0.25, -0.2) is 0 Å². The minimum atomic E-state index is -0.768. The molecule has 0 spiro atoms. The number of nitrogens with one attached hydrogen (secondary N) is 2. The van der Waals surface area contributed by atoms with Gasteiger partial charge in [-0.15, -0.1) is 0 Å². The molecule has 7 nitrogen and oxygen atoms in total. The number of carbonyl (C=O) groups is 2. The first-order valence-electron chi connectivity index (χ1n) is 10.1. The maximum atomic E-state index is 12.9. The van der Waals surface area contributed by atoms with Gasteiger partial charge in [0.2, 0.25) is 5.91 Å². The van der Waals surface area contributed by atoms with Gasteiger partial charge >= 0.3 is 0 Å². The lowest BCUT2D eigenvalue weighted by molar-refractivity contribution is -0.121. The second-order valence-corrected chi connectivity index (χ2v) is 7.68. The van der Waals surface area contributed by atoms with Crippen LogP contribution in [0, 0.1) is 11.3 Å². The Morgan fingerprint density at radius 2 is 1.96 bits per heavy atom. The van der Waals surface area contributed by atoms with Gasteiger partial charge < -0.3 is 20.6 Å². The number of anilines is 1. The second-order valence-electron chi connectivity index (χ2n) is 7.68. The van der Waals surface area contributed by atoms with Crippen molar-refractivity contribution in [2.24, 2.45) is 0 Å². The van der Waals surface area contributed by atoms with Crippen LogP contribution >= 0.6 is 0 Å². The first kappa shape index (κ1) is 20.2. The van der Waals surface area contributed by atoms with Crippen molar-refractivity contribution in [1.29, 1.82) is 5.26 Å². The molecule has 1 aliphatic heterocycles. The van der Waals surface area contributed by atoms with Crippen LogP contribution in [-0.2, 0) is 4.79 Å². The van der Waals surface area contributed by atoms with Gasteiger partial charge in [-0.3, -0.25) is 9.59 Å². The van der Waals surface area contributed by atoms with E-state index in [9.17, 15) is 20.0 Å². The Balaban J connectivity index is 1.64. The zero-order valence-corrected chi connectivity index (χ0v) is 16.1. The zero-order chi connectivity index (χ0) is 20.0. The number of likely N-dealkylation sites (tertiary alicyclic amines) is 1. The molecular formula is C21H28N4O3. The molecule has 1 saturated heterocycles. The van der Waals surface area contributed by atoms with Crippen LogP contribution in [0.3, 0.4) is 0 Å². The summed E-state index contributed by atoms with van der Waals surface area (Å²) in [6, 6.07) is 9.23. The van der Waals surface area contributed by atoms with Gasteiger partial charge in [-0.05, 0) is 37.8 Å². The second kappa shape index (κ2) is 9.07. The lowest BCUT2D eigenvalue weighted by Gasteiger charge is -2.31. The molecule has 2 fully saturated rings. The maximum Gasteiger partial charge on any atom is 0.256 e. The Bertz CT molecular complexity index is 752. The third-order valence-corrected chi connectivity index (χ3v) is 5.75. The summed E-state index contributed by atoms with van der Waals surface area (Å²) >= 11 is 0. The van der Waals surface area contributed by atoms with Crippen LogP contribution in [0.1, 0.15) is 55.3 Å². The fourth-order valence-corrected chi connectivity index (χ4v) is 4.18. The Kier molecular flexibility index (Phi) is 6.53. The summed E-state index contributed by atoms with van der Waals surface area (Å²) in [5, 5.41) is 24.9. The predicted molar refractivity (Wildman–Crippen MR) is 106 cm³/mol. The minimum absolute atomic E-state index is 0.00283. The highest BCUT2D eigenvalue weighted by atomic mass is 16.3. The molecular weight excluding hydrogens is 356 g/mol. The van der Waals surface area contributed by atoms with Crippen LogP contribution in [0.15, 0.2) is 24.3 Å². The Morgan fingerprint density at radius 3 is 2.68 bits per heavy atom. The average Bonchev–Trinajstić information content (AvgIpc) is 3.21. The summed E-state index contributed by atoms with van der Waals surface area (Å²) in [7, 11) is 0. The SMILES string of the molecule is N#CC1(NC(=O)CNc2ccccc2C(=O)N2CCCC2CO)CCCCC1. The van der Waals surface area contributed by atoms with E-state index in [1.165, 1.54) is 0 Å². The number of hydrogen-bond donors (Lipinski definition) is 3. The van der Waals surface area contributed by atoms with E-state index in [-0.39, 0.29) is 31.0 Å². The van der Waals surface area contributed by atoms with Gasteiger partial charge in [-0.2, -0.15) is 5.26 Å². The monoisotopic (exact) mass is 384 g/mol. The number of para-hydroxylation sites is 1. The van der Waals surface area contributed by atoms with Crippen LogP contribution in [0.4, 0.5) is 5.69 Å². The van der Waals surface area contributed by atoms with Crippen molar-refractivity contribution < 1.29 is 14.7 Å². The summed E-state index contributed by atoms with van der Waals surface area (Å²) in [5.41, 5.74) is 0.306. The molecule has 0 aromatic heterocycles. The van der Waals surface area contributed by atoms with Crippen LogP contribution in [0.2, 0.25) is 0 Å². The minimum Gasteiger partial charge on any atom is -0.394 e. The van der Waals surface area contributed by atoms with Gasteiger partial charge in [0.1, 0.15) is 5.54 Å². The predicted octanol–water partition coefficient (Wildman–Crippen LogP) is 2.04. The van der Waals surface area contributed by atoms with Crippen LogP contribution in [-0.4, -0.2) is 53.1 Å². The van der Waals surface area contributed by atoms with Crippen molar-refractivity contribution in [3.63, 3.8) is 0 Å². The summed E-state index contributed by atoms with van der Waals surface area (Å²) in [6.07, 6.45) is 6.03. The highest BCUT2D eigenvalue weighted by molar-refractivity contribution is 6.00. The number of aliphatic hydroxyl groups is 1. The number of aliphatic hydroxyl groups excluding tert-OH is 1. The van der Waals surface area contributed by atoms with Gasteiger partial charge in [0.05, 0.1) is 30.8 Å². The molecule has 150 valence electrons. The normalized spacial score (nSPS) is 21.0. The van der Waals surface area contributed by atoms with Gasteiger partial charge in [0.15, 0.2) is 0 Å². The molecule has 2 amide bonds. The number of hydrogen-bond acceptors (Lipinski definition) is 5. The van der Waals surface area contributed by atoms with Crippen LogP contribution < -0.4 is 10.6 Å². The molecule has 1 atom stereocenters. The topological polar surface area (TPSA) is 105 Å². The van der Waals surface area contributed by atoms with E-state index in [2.05, 4.69) is 16.7 Å². The van der Waals surface area contributed by atoms with Crippen LogP contribution in [0.5, 0.6) is 0 Å². The van der Waals surface area contributed by atoms with Gasteiger partial charge in [0, 0.05) is 12.2 Å². The van der Waals surface area contributed by atoms with E-state index >= 15 is 0 Å². The van der Waals surface area contributed by atoms with Crippen molar-refractivity contribution in [2.75, 3.05) is 25.0 Å². The molecule has 1 aliphatic carbocycles. The fourth-order valence-electron chi connectivity index (χ4n) is 4.18. The van der Waals surface area contributed by atoms with Gasteiger partial charge in [-0.1, -0.05) is 31.4 Å². The lowest BCUT2D eigenvalue weighted by atomic mass is 9.83. The van der Waals surface area contributed by atoms with Crippen LogP contribution in [0.25, 0.3) is 0 Å². The molecule has 0 bridgehead atoms. The van der Waals surface area contributed by atoms with E-state index in [0.717, 1.165) is 32.1 Å². The molecule has 2 aliphatic rings. The zero-order valence-electron chi connectivity index (χ0n) is 16.1. The molecule has 7 heteroatoms. The van der Waals surface area contributed by atoms with E-state index in [1.807, 2.05) is 6.07 Å². The summed E-state index contributed by atoms with van der Waals surface area (Å²) < 4.78 is 0. The summed E-state index contributed by atoms with van der Waals surface area (Å²) in [5.74, 6) is -0.388. The maximum absolute atomic E-state index is 12.9. The standard InChI is InChI=1S/C21H28N4O3/c22-15-21(10-4-1-5-11-21)24-19(27)13-23-18-9-3-2-8-17(18)20(28)25-12-6-7-16(25)14-26/h2-3,8-9,16,23,26H,1,4-7,10-14H2,(H,24,27). The third kappa shape index (κ3) is 4.45. The summed E-state index contributed by atoms with van der Waals surface area (Å²) in [6.45, 7) is 0.584. The first-order chi connectivity index (χ1) is 13.6. The number of amides is 2. The quantitative estimate of drug-likeness (QED) is 0.696. The van der Waals surface area contributed by atoms with Crippen molar-refractivity contribution >= 4 is 17.5 Å². The average molecular weight is 384 g/mol. The third-order valence-electron chi connectivity index (χ3n) is 5.75. The largest absolute Gasteiger partial charge is 0.394 e.